The fourth-order valence-electron chi connectivity index (χ4n) is 3.67. The van der Waals surface area contributed by atoms with E-state index in [0.29, 0.717) is 34.7 Å². The number of aliphatic hydroxyl groups is 1. The first-order chi connectivity index (χ1) is 13.2. The van der Waals surface area contributed by atoms with Gasteiger partial charge in [-0.3, -0.25) is 9.36 Å². The summed E-state index contributed by atoms with van der Waals surface area (Å²) >= 11 is 0. The Kier molecular flexibility index (Phi) is 4.52. The van der Waals surface area contributed by atoms with E-state index < -0.39 is 0 Å². The SMILES string of the molecule is N#Cc1ccnnc1N1CCCC1c1nc2ccccc2c(=O)n1CCO. The normalized spacial score (nSPS) is 16.6. The number of fused-ring (bicyclic) bond motifs is 1. The zero-order chi connectivity index (χ0) is 18.8. The molecule has 3 heterocycles. The maximum absolute atomic E-state index is 13.0. The van der Waals surface area contributed by atoms with Gasteiger partial charge in [0.1, 0.15) is 11.9 Å². The second-order valence-corrected chi connectivity index (χ2v) is 6.40. The minimum Gasteiger partial charge on any atom is -0.395 e. The van der Waals surface area contributed by atoms with Crippen LogP contribution in [0.3, 0.4) is 0 Å². The highest BCUT2D eigenvalue weighted by Gasteiger charge is 2.32. The van der Waals surface area contributed by atoms with Crippen LogP contribution in [0.5, 0.6) is 0 Å². The highest BCUT2D eigenvalue weighted by atomic mass is 16.3. The van der Waals surface area contributed by atoms with Crippen molar-refractivity contribution < 1.29 is 5.11 Å². The van der Waals surface area contributed by atoms with E-state index in [1.807, 2.05) is 17.0 Å². The molecule has 27 heavy (non-hydrogen) atoms. The first-order valence-electron chi connectivity index (χ1n) is 8.83. The Bertz CT molecular complexity index is 1090. The molecule has 8 heteroatoms. The highest BCUT2D eigenvalue weighted by molar-refractivity contribution is 5.77. The molecule has 0 amide bonds. The lowest BCUT2D eigenvalue weighted by Crippen LogP contribution is -2.33. The van der Waals surface area contributed by atoms with Crippen LogP contribution in [0, 0.1) is 11.3 Å². The van der Waals surface area contributed by atoms with Gasteiger partial charge in [0.15, 0.2) is 5.82 Å². The summed E-state index contributed by atoms with van der Waals surface area (Å²) in [4.78, 5) is 19.7. The summed E-state index contributed by atoms with van der Waals surface area (Å²) in [5, 5.41) is 27.5. The van der Waals surface area contributed by atoms with Crippen molar-refractivity contribution in [1.29, 1.82) is 5.26 Å². The van der Waals surface area contributed by atoms with Gasteiger partial charge in [0.2, 0.25) is 0 Å². The lowest BCUT2D eigenvalue weighted by molar-refractivity contribution is 0.270. The summed E-state index contributed by atoms with van der Waals surface area (Å²) in [6.45, 7) is 0.704. The number of nitriles is 1. The van der Waals surface area contributed by atoms with Crippen LogP contribution in [-0.2, 0) is 6.54 Å². The topological polar surface area (TPSA) is 108 Å². The third kappa shape index (κ3) is 2.92. The summed E-state index contributed by atoms with van der Waals surface area (Å²) in [6.07, 6.45) is 3.15. The number of nitrogens with zero attached hydrogens (tertiary/aromatic N) is 6. The lowest BCUT2D eigenvalue weighted by atomic mass is 10.1. The van der Waals surface area contributed by atoms with Crippen LogP contribution >= 0.6 is 0 Å². The molecule has 1 unspecified atom stereocenters. The summed E-state index contributed by atoms with van der Waals surface area (Å²) in [5.74, 6) is 1.08. The Labute approximate surface area is 155 Å². The molecule has 0 aliphatic carbocycles. The van der Waals surface area contributed by atoms with E-state index in [1.165, 1.54) is 10.8 Å². The second kappa shape index (κ2) is 7.13. The molecule has 1 N–H and O–H groups in total. The van der Waals surface area contributed by atoms with Gasteiger partial charge in [-0.1, -0.05) is 12.1 Å². The smallest absolute Gasteiger partial charge is 0.261 e. The van der Waals surface area contributed by atoms with Gasteiger partial charge in [-0.15, -0.1) is 5.10 Å². The van der Waals surface area contributed by atoms with Gasteiger partial charge in [-0.25, -0.2) is 4.98 Å². The molecular formula is C19H18N6O2. The van der Waals surface area contributed by atoms with Crippen LogP contribution < -0.4 is 10.5 Å². The monoisotopic (exact) mass is 362 g/mol. The Balaban J connectivity index is 1.89. The molecule has 0 spiro atoms. The number of para-hydroxylation sites is 1. The molecular weight excluding hydrogens is 344 g/mol. The first-order valence-corrected chi connectivity index (χ1v) is 8.83. The predicted molar refractivity (Wildman–Crippen MR) is 99.2 cm³/mol. The number of hydrogen-bond donors (Lipinski definition) is 1. The van der Waals surface area contributed by atoms with Crippen molar-refractivity contribution in [2.24, 2.45) is 0 Å². The van der Waals surface area contributed by atoms with Crippen LogP contribution in [0.25, 0.3) is 10.9 Å². The number of benzene rings is 1. The Morgan fingerprint density at radius 3 is 2.96 bits per heavy atom. The molecule has 4 rings (SSSR count). The molecule has 1 fully saturated rings. The number of rotatable bonds is 4. The molecule has 3 aromatic rings. The maximum atomic E-state index is 13.0. The van der Waals surface area contributed by atoms with Crippen molar-refractivity contribution in [3.05, 3.63) is 58.3 Å². The van der Waals surface area contributed by atoms with Crippen LogP contribution in [0.15, 0.2) is 41.3 Å². The molecule has 1 aliphatic heterocycles. The summed E-state index contributed by atoms with van der Waals surface area (Å²) in [5.41, 5.74) is 0.892. The van der Waals surface area contributed by atoms with Gasteiger partial charge in [0.25, 0.3) is 5.56 Å². The fraction of sp³-hybridized carbons (Fsp3) is 0.316. The largest absolute Gasteiger partial charge is 0.395 e. The Hall–Kier alpha value is -3.31. The van der Waals surface area contributed by atoms with E-state index in [0.717, 1.165) is 12.8 Å². The van der Waals surface area contributed by atoms with Crippen molar-refractivity contribution in [2.75, 3.05) is 18.1 Å². The number of aromatic nitrogens is 4. The molecule has 2 aromatic heterocycles. The highest BCUT2D eigenvalue weighted by Crippen LogP contribution is 2.35. The molecule has 0 bridgehead atoms. The standard InChI is InChI=1S/C19H18N6O2/c20-12-13-7-8-21-23-17(13)24-9-3-6-16(24)18-22-15-5-2-1-4-14(15)19(27)25(18)10-11-26/h1-2,4-5,7-8,16,26H,3,6,9-11H2. The minimum atomic E-state index is -0.211. The van der Waals surface area contributed by atoms with E-state index in [-0.39, 0.29) is 24.8 Å². The van der Waals surface area contributed by atoms with Crippen molar-refractivity contribution in [3.8, 4) is 6.07 Å². The number of anilines is 1. The van der Waals surface area contributed by atoms with Gasteiger partial charge >= 0.3 is 0 Å². The van der Waals surface area contributed by atoms with Crippen molar-refractivity contribution >= 4 is 16.7 Å². The fourth-order valence-corrected chi connectivity index (χ4v) is 3.67. The third-order valence-corrected chi connectivity index (χ3v) is 4.86. The molecule has 0 radical (unpaired) electrons. The molecule has 1 atom stereocenters. The van der Waals surface area contributed by atoms with Crippen LogP contribution in [0.1, 0.15) is 30.3 Å². The molecule has 1 aliphatic rings. The van der Waals surface area contributed by atoms with E-state index in [4.69, 9.17) is 4.98 Å². The van der Waals surface area contributed by atoms with Gasteiger partial charge in [0, 0.05) is 6.54 Å². The predicted octanol–water partition coefficient (Wildman–Crippen LogP) is 1.39. The zero-order valence-corrected chi connectivity index (χ0v) is 14.6. The summed E-state index contributed by atoms with van der Waals surface area (Å²) in [6, 6.07) is 10.8. The van der Waals surface area contributed by atoms with Gasteiger partial charge < -0.3 is 10.0 Å². The second-order valence-electron chi connectivity index (χ2n) is 6.40. The summed E-state index contributed by atoms with van der Waals surface area (Å²) in [7, 11) is 0. The molecule has 0 saturated carbocycles. The Morgan fingerprint density at radius 2 is 2.15 bits per heavy atom. The number of hydrogen-bond acceptors (Lipinski definition) is 7. The number of aliphatic hydroxyl groups excluding tert-OH is 1. The quantitative estimate of drug-likeness (QED) is 0.747. The Morgan fingerprint density at radius 1 is 1.30 bits per heavy atom. The van der Waals surface area contributed by atoms with Crippen molar-refractivity contribution in [2.45, 2.75) is 25.4 Å². The molecule has 136 valence electrons. The average molecular weight is 362 g/mol. The molecule has 1 saturated heterocycles. The van der Waals surface area contributed by atoms with Crippen LogP contribution in [0.2, 0.25) is 0 Å². The third-order valence-electron chi connectivity index (χ3n) is 4.86. The van der Waals surface area contributed by atoms with E-state index in [9.17, 15) is 15.2 Å². The maximum Gasteiger partial charge on any atom is 0.261 e. The zero-order valence-electron chi connectivity index (χ0n) is 14.6. The lowest BCUT2D eigenvalue weighted by Gasteiger charge is -2.27. The van der Waals surface area contributed by atoms with E-state index in [1.54, 1.807) is 18.2 Å². The van der Waals surface area contributed by atoms with E-state index >= 15 is 0 Å². The minimum absolute atomic E-state index is 0.158. The van der Waals surface area contributed by atoms with Gasteiger partial charge in [-0.05, 0) is 31.0 Å². The van der Waals surface area contributed by atoms with Crippen LogP contribution in [-0.4, -0.2) is 38.0 Å². The summed E-state index contributed by atoms with van der Waals surface area (Å²) < 4.78 is 1.54. The van der Waals surface area contributed by atoms with E-state index in [2.05, 4.69) is 16.3 Å². The average Bonchev–Trinajstić information content (AvgIpc) is 3.19. The first kappa shape index (κ1) is 17.1. The van der Waals surface area contributed by atoms with Crippen molar-refractivity contribution in [3.63, 3.8) is 0 Å². The van der Waals surface area contributed by atoms with Gasteiger partial charge in [0.05, 0.1) is 41.9 Å². The van der Waals surface area contributed by atoms with Crippen molar-refractivity contribution in [1.82, 2.24) is 19.7 Å². The van der Waals surface area contributed by atoms with Crippen LogP contribution in [0.4, 0.5) is 5.82 Å². The molecule has 8 nitrogen and oxygen atoms in total. The molecule has 1 aromatic carbocycles. The van der Waals surface area contributed by atoms with Gasteiger partial charge in [-0.2, -0.15) is 10.4 Å².